The van der Waals surface area contributed by atoms with E-state index >= 15 is 0 Å². The molecule has 36 heavy (non-hydrogen) atoms. The minimum atomic E-state index is 0.0598. The summed E-state index contributed by atoms with van der Waals surface area (Å²) in [5, 5.41) is 4.72. The Labute approximate surface area is 212 Å². The number of ether oxygens (including phenoxy) is 1. The molecule has 1 atom stereocenters. The molecule has 0 aliphatic rings. The van der Waals surface area contributed by atoms with Crippen LogP contribution in [0.2, 0.25) is 0 Å². The maximum atomic E-state index is 11.6. The van der Waals surface area contributed by atoms with Gasteiger partial charge in [0, 0.05) is 54.5 Å². The number of H-pyrrole nitrogens is 1. The van der Waals surface area contributed by atoms with Crippen molar-refractivity contribution in [1.82, 2.24) is 25.3 Å². The molecule has 4 aromatic rings. The van der Waals surface area contributed by atoms with Gasteiger partial charge >= 0.3 is 0 Å². The molecule has 2 N–H and O–H groups in total. The van der Waals surface area contributed by atoms with E-state index in [1.807, 2.05) is 56.7 Å². The van der Waals surface area contributed by atoms with Gasteiger partial charge in [-0.2, -0.15) is 0 Å². The summed E-state index contributed by atoms with van der Waals surface area (Å²) >= 11 is 0. The van der Waals surface area contributed by atoms with Gasteiger partial charge in [0.2, 0.25) is 0 Å². The van der Waals surface area contributed by atoms with E-state index in [4.69, 9.17) is 9.72 Å². The molecule has 7 nitrogen and oxygen atoms in total. The molecule has 0 fully saturated rings. The van der Waals surface area contributed by atoms with Crippen molar-refractivity contribution in [3.63, 3.8) is 0 Å². The highest BCUT2D eigenvalue weighted by Crippen LogP contribution is 2.33. The van der Waals surface area contributed by atoms with Gasteiger partial charge in [-0.1, -0.05) is 25.8 Å². The van der Waals surface area contributed by atoms with Gasteiger partial charge in [-0.25, -0.2) is 4.98 Å². The van der Waals surface area contributed by atoms with Crippen molar-refractivity contribution >= 4 is 16.7 Å². The van der Waals surface area contributed by atoms with Crippen molar-refractivity contribution in [2.75, 3.05) is 7.11 Å². The number of Topliss-reactive ketones (excluding diaryl/α,β-unsaturated/α-hetero) is 1. The second kappa shape index (κ2) is 12.4. The van der Waals surface area contributed by atoms with Gasteiger partial charge in [0.15, 0.2) is 0 Å². The lowest BCUT2D eigenvalue weighted by Gasteiger charge is -2.17. The third kappa shape index (κ3) is 6.55. The van der Waals surface area contributed by atoms with E-state index < -0.39 is 0 Å². The Bertz CT molecular complexity index is 1290. The normalized spacial score (nSPS) is 12.1. The topological polar surface area (TPSA) is 92.8 Å². The molecule has 0 aliphatic carbocycles. The first kappa shape index (κ1) is 25.5. The first-order valence-corrected chi connectivity index (χ1v) is 12.7. The molecular formula is C29H35N5O2. The van der Waals surface area contributed by atoms with Gasteiger partial charge < -0.3 is 15.0 Å². The van der Waals surface area contributed by atoms with Crippen LogP contribution in [-0.4, -0.2) is 32.8 Å². The molecule has 4 rings (SSSR count). The fraction of sp³-hybridized carbons (Fsp3) is 0.379. The van der Waals surface area contributed by atoms with Gasteiger partial charge in [-0.3, -0.25) is 14.8 Å². The second-order valence-corrected chi connectivity index (χ2v) is 9.16. The number of methoxy groups -OCH3 is 1. The van der Waals surface area contributed by atoms with Crippen molar-refractivity contribution in [3.8, 4) is 17.0 Å². The molecule has 0 aliphatic heterocycles. The molecule has 0 unspecified atom stereocenters. The smallest absolute Gasteiger partial charge is 0.132 e. The van der Waals surface area contributed by atoms with Crippen LogP contribution in [0.5, 0.6) is 5.75 Å². The van der Waals surface area contributed by atoms with Crippen molar-refractivity contribution in [2.24, 2.45) is 0 Å². The number of imidazole rings is 1. The van der Waals surface area contributed by atoms with Crippen LogP contribution in [0, 0.1) is 6.92 Å². The Morgan fingerprint density at radius 1 is 1.11 bits per heavy atom. The third-order valence-electron chi connectivity index (χ3n) is 6.51. The second-order valence-electron chi connectivity index (χ2n) is 9.16. The number of carbonyl (C=O) groups is 1. The Morgan fingerprint density at radius 3 is 2.72 bits per heavy atom. The number of ketones is 1. The summed E-state index contributed by atoms with van der Waals surface area (Å²) in [7, 11) is 1.68. The number of aromatic amines is 1. The van der Waals surface area contributed by atoms with Crippen molar-refractivity contribution < 1.29 is 9.53 Å². The average molecular weight is 486 g/mol. The summed E-state index contributed by atoms with van der Waals surface area (Å²) in [6.07, 6.45) is 10.7. The highest BCUT2D eigenvalue weighted by molar-refractivity contribution is 5.87. The quantitative estimate of drug-likeness (QED) is 0.222. The monoisotopic (exact) mass is 485 g/mol. The van der Waals surface area contributed by atoms with E-state index in [0.717, 1.165) is 71.7 Å². The summed E-state index contributed by atoms with van der Waals surface area (Å²) in [6, 6.07) is 12.3. The number of carbonyl (C=O) groups excluding carboxylic acids is 1. The van der Waals surface area contributed by atoms with E-state index in [-0.39, 0.29) is 6.04 Å². The fourth-order valence-electron chi connectivity index (χ4n) is 4.39. The number of fused-ring (bicyclic) bond motifs is 1. The number of aromatic nitrogens is 4. The Hall–Kier alpha value is -3.58. The molecule has 1 aromatic carbocycles. The summed E-state index contributed by atoms with van der Waals surface area (Å²) in [4.78, 5) is 28.7. The number of rotatable bonds is 13. The maximum Gasteiger partial charge on any atom is 0.132 e. The molecular weight excluding hydrogens is 450 g/mol. The molecule has 7 heteroatoms. The van der Waals surface area contributed by atoms with E-state index in [1.165, 1.54) is 5.56 Å². The lowest BCUT2D eigenvalue weighted by atomic mass is 10.0. The average Bonchev–Trinajstić information content (AvgIpc) is 3.39. The highest BCUT2D eigenvalue weighted by Gasteiger charge is 2.18. The van der Waals surface area contributed by atoms with Gasteiger partial charge in [0.25, 0.3) is 0 Å². The Morgan fingerprint density at radius 2 is 1.94 bits per heavy atom. The lowest BCUT2D eigenvalue weighted by Crippen LogP contribution is -2.22. The third-order valence-corrected chi connectivity index (χ3v) is 6.51. The number of aryl methyl sites for hydroxylation is 1. The summed E-state index contributed by atoms with van der Waals surface area (Å²) < 4.78 is 5.71. The molecule has 0 spiro atoms. The summed E-state index contributed by atoms with van der Waals surface area (Å²) in [5.41, 5.74) is 4.93. The van der Waals surface area contributed by atoms with Crippen LogP contribution in [0.15, 0.2) is 55.0 Å². The standard InChI is InChI=1S/C29H35N5O2/c1-4-23(35)8-6-5-7-9-25(31-18-21-12-14-30-15-13-21)29-32-19-27(34-29)24-16-22-11-10-20(2)33-26(22)17-28(24)36-3/h10-17,19,25,31H,4-9,18H2,1-3H3,(H,32,34)/t25-/m0/s1. The molecule has 0 amide bonds. The first-order valence-electron chi connectivity index (χ1n) is 12.7. The van der Waals surface area contributed by atoms with Crippen LogP contribution in [0.3, 0.4) is 0 Å². The number of unbranched alkanes of at least 4 members (excludes halogenated alkanes) is 2. The number of nitrogens with one attached hydrogen (secondary N) is 2. The zero-order chi connectivity index (χ0) is 25.3. The summed E-state index contributed by atoms with van der Waals surface area (Å²) in [6.45, 7) is 4.64. The minimum absolute atomic E-state index is 0.0598. The molecule has 0 bridgehead atoms. The SMILES string of the molecule is CCC(=O)CCCCC[C@H](NCc1ccncc1)c1ncc(-c2cc3ccc(C)nc3cc2OC)[nH]1. The maximum absolute atomic E-state index is 11.6. The number of pyridine rings is 2. The molecule has 0 radical (unpaired) electrons. The fourth-order valence-corrected chi connectivity index (χ4v) is 4.39. The van der Waals surface area contributed by atoms with Crippen molar-refractivity contribution in [3.05, 3.63) is 72.1 Å². The van der Waals surface area contributed by atoms with Crippen LogP contribution >= 0.6 is 0 Å². The molecule has 0 saturated heterocycles. The first-order chi connectivity index (χ1) is 17.6. The molecule has 188 valence electrons. The molecule has 0 saturated carbocycles. The zero-order valence-corrected chi connectivity index (χ0v) is 21.4. The van der Waals surface area contributed by atoms with Crippen LogP contribution in [0.25, 0.3) is 22.2 Å². The lowest BCUT2D eigenvalue weighted by molar-refractivity contribution is -0.118. The van der Waals surface area contributed by atoms with Gasteiger partial charge in [-0.05, 0) is 49.6 Å². The van der Waals surface area contributed by atoms with Crippen LogP contribution in [0.1, 0.15) is 68.6 Å². The Kier molecular flexibility index (Phi) is 8.79. The van der Waals surface area contributed by atoms with Crippen molar-refractivity contribution in [2.45, 2.75) is 65.0 Å². The summed E-state index contributed by atoms with van der Waals surface area (Å²) in [5.74, 6) is 2.00. The van der Waals surface area contributed by atoms with Gasteiger partial charge in [0.1, 0.15) is 17.4 Å². The Balaban J connectivity index is 1.53. The van der Waals surface area contributed by atoms with Crippen LogP contribution < -0.4 is 10.1 Å². The largest absolute Gasteiger partial charge is 0.496 e. The predicted octanol–water partition coefficient (Wildman–Crippen LogP) is 6.10. The van der Waals surface area contributed by atoms with E-state index in [9.17, 15) is 4.79 Å². The minimum Gasteiger partial charge on any atom is -0.496 e. The van der Waals surface area contributed by atoms with E-state index in [1.54, 1.807) is 7.11 Å². The number of nitrogens with zero attached hydrogens (tertiary/aromatic N) is 3. The predicted molar refractivity (Wildman–Crippen MR) is 143 cm³/mol. The van der Waals surface area contributed by atoms with Gasteiger partial charge in [-0.15, -0.1) is 0 Å². The van der Waals surface area contributed by atoms with E-state index in [0.29, 0.717) is 18.6 Å². The number of hydrogen-bond acceptors (Lipinski definition) is 6. The van der Waals surface area contributed by atoms with Gasteiger partial charge in [0.05, 0.1) is 30.6 Å². The molecule has 3 heterocycles. The van der Waals surface area contributed by atoms with Crippen molar-refractivity contribution in [1.29, 1.82) is 0 Å². The molecule has 3 aromatic heterocycles. The highest BCUT2D eigenvalue weighted by atomic mass is 16.5. The van der Waals surface area contributed by atoms with Crippen LogP contribution in [-0.2, 0) is 11.3 Å². The number of benzene rings is 1. The zero-order valence-electron chi connectivity index (χ0n) is 21.4. The number of hydrogen-bond donors (Lipinski definition) is 2. The van der Waals surface area contributed by atoms with E-state index in [2.05, 4.69) is 32.4 Å². The van der Waals surface area contributed by atoms with Crippen LogP contribution in [0.4, 0.5) is 0 Å².